The van der Waals surface area contributed by atoms with E-state index in [0.717, 1.165) is 66.6 Å². The monoisotopic (exact) mass is 918 g/mol. The fourth-order valence-electron chi connectivity index (χ4n) is 7.60. The summed E-state index contributed by atoms with van der Waals surface area (Å²) in [6.07, 6.45) is 8.81. The van der Waals surface area contributed by atoms with Gasteiger partial charge in [0, 0.05) is 35.6 Å². The number of aromatic nitrogens is 2. The van der Waals surface area contributed by atoms with Crippen LogP contribution < -0.4 is 56.9 Å². The number of nitrogen functional groups attached to an aromatic ring is 2. The Balaban J connectivity index is 0.000000240. The molecule has 0 bridgehead atoms. The minimum atomic E-state index is -0.694. The fraction of sp³-hybridized carbons (Fsp3) is 0.111. The number of phenols is 2. The number of phenolic OH excluding ortho intramolecular Hbond substituents is 2. The van der Waals surface area contributed by atoms with Gasteiger partial charge < -0.3 is 58.0 Å². The number of nitrogens with two attached hydrogens (primary N) is 4. The van der Waals surface area contributed by atoms with E-state index in [1.165, 1.54) is 0 Å². The van der Waals surface area contributed by atoms with Crippen LogP contribution in [-0.4, -0.2) is 33.9 Å². The molecule has 0 radical (unpaired) electrons. The Morgan fingerprint density at radius 1 is 0.500 bits per heavy atom. The molecular weight excluding hydrogens is 868 g/mol. The molecule has 0 saturated carbocycles. The predicted molar refractivity (Wildman–Crippen MR) is 258 cm³/mol. The first-order chi connectivity index (χ1) is 30.8. The highest BCUT2D eigenvalue weighted by Crippen LogP contribution is 2.23. The van der Waals surface area contributed by atoms with Crippen molar-refractivity contribution in [2.24, 2.45) is 25.6 Å². The molecule has 10 nitrogen and oxygen atoms in total. The molecule has 66 heavy (non-hydrogen) atoms. The van der Waals surface area contributed by atoms with Gasteiger partial charge in [0.1, 0.15) is 25.6 Å². The third-order valence-electron chi connectivity index (χ3n) is 11.2. The van der Waals surface area contributed by atoms with Crippen molar-refractivity contribution in [3.05, 3.63) is 202 Å². The zero-order valence-corrected chi connectivity index (χ0v) is 38.1. The van der Waals surface area contributed by atoms with Crippen molar-refractivity contribution in [1.29, 1.82) is 0 Å². The summed E-state index contributed by atoms with van der Waals surface area (Å²) in [7, 11) is 3.77. The van der Waals surface area contributed by atoms with Crippen molar-refractivity contribution in [2.75, 3.05) is 11.5 Å². The van der Waals surface area contributed by atoms with Gasteiger partial charge in [0.2, 0.25) is 22.6 Å². The average molecular weight is 920 g/mol. The number of carbonyl (C=O) groups excluding carboxylic acids is 2. The Bertz CT molecular complexity index is 2810. The Morgan fingerprint density at radius 3 is 1.18 bits per heavy atom. The first-order valence-corrected chi connectivity index (χ1v) is 20.9. The molecule has 8 rings (SSSR count). The number of hydrogen-bond acceptors (Lipinski definition) is 8. The molecule has 2 atom stereocenters. The van der Waals surface area contributed by atoms with Crippen molar-refractivity contribution in [1.82, 2.24) is 0 Å². The molecule has 0 amide bonds. The SMILES string of the molecule is C[n+]1c(C(=O)[C@@H](N)Cc2ccc(O)cc2)cc(C=Cc2ccc(N)cc2)c2ccccc21.C[n+]1c(C(=O)[C@@H](N)Cc2ccc(O)cc2)cc(C=Cc2ccc(N)cc2)c2ccccc21.[Cl-].[Cl-]. The van der Waals surface area contributed by atoms with Gasteiger partial charge >= 0.3 is 0 Å². The first kappa shape index (κ1) is 49.7. The molecule has 12 heteroatoms. The molecule has 6 aromatic carbocycles. The Hall–Kier alpha value is -7.34. The lowest BCUT2D eigenvalue weighted by molar-refractivity contribution is -0.647. The normalized spacial score (nSPS) is 11.9. The zero-order chi connectivity index (χ0) is 45.3. The van der Waals surface area contributed by atoms with Gasteiger partial charge in [-0.3, -0.25) is 9.59 Å². The molecule has 0 aliphatic carbocycles. The van der Waals surface area contributed by atoms with Crippen LogP contribution in [0.3, 0.4) is 0 Å². The van der Waals surface area contributed by atoms with Crippen molar-refractivity contribution < 1.29 is 53.8 Å². The molecule has 0 aliphatic rings. The predicted octanol–water partition coefficient (Wildman–Crippen LogP) is 1.76. The molecule has 0 aliphatic heterocycles. The number of nitrogens with zero attached hydrogens (tertiary/aromatic N) is 2. The van der Waals surface area contributed by atoms with E-state index in [9.17, 15) is 19.8 Å². The topological polar surface area (TPSA) is 186 Å². The van der Waals surface area contributed by atoms with E-state index >= 15 is 0 Å². The van der Waals surface area contributed by atoms with Crippen LogP contribution >= 0.6 is 0 Å². The summed E-state index contributed by atoms with van der Waals surface area (Å²) in [6.45, 7) is 0. The Labute approximate surface area is 397 Å². The maximum absolute atomic E-state index is 13.3. The molecule has 0 spiro atoms. The quantitative estimate of drug-likeness (QED) is 0.0609. The van der Waals surface area contributed by atoms with Gasteiger partial charge in [-0.15, -0.1) is 0 Å². The van der Waals surface area contributed by atoms with Crippen molar-refractivity contribution in [3.8, 4) is 11.5 Å². The zero-order valence-electron chi connectivity index (χ0n) is 36.6. The number of carbonyl (C=O) groups is 2. The maximum Gasteiger partial charge on any atom is 0.251 e. The number of aromatic hydroxyl groups is 2. The number of Topliss-reactive ketones (excluding diaryl/α,β-unsaturated/α-hetero) is 2. The Kier molecular flexibility index (Phi) is 16.9. The molecule has 2 aromatic heterocycles. The molecule has 8 aromatic rings. The molecule has 0 unspecified atom stereocenters. The van der Waals surface area contributed by atoms with Crippen LogP contribution in [0.25, 0.3) is 46.1 Å². The van der Waals surface area contributed by atoms with Gasteiger partial charge in [-0.05, 0) is 107 Å². The second-order valence-corrected chi connectivity index (χ2v) is 15.8. The lowest BCUT2D eigenvalue weighted by Crippen LogP contribution is -3.00. The van der Waals surface area contributed by atoms with Crippen molar-refractivity contribution in [2.45, 2.75) is 24.9 Å². The number of rotatable bonds is 12. The number of ketones is 2. The Morgan fingerprint density at radius 2 is 0.833 bits per heavy atom. The van der Waals surface area contributed by atoms with E-state index in [2.05, 4.69) is 0 Å². The number of hydrogen-bond donors (Lipinski definition) is 6. The van der Waals surface area contributed by atoms with E-state index in [0.29, 0.717) is 24.2 Å². The third-order valence-corrected chi connectivity index (χ3v) is 11.2. The van der Waals surface area contributed by atoms with Crippen LogP contribution in [0.1, 0.15) is 54.4 Å². The van der Waals surface area contributed by atoms with E-state index in [4.69, 9.17) is 22.9 Å². The highest BCUT2D eigenvalue weighted by Gasteiger charge is 2.28. The standard InChI is InChI=1S/2C27H25N3O2.2ClH/c2*1-30-25-5-3-2-4-23(25)20(11-6-18-7-12-21(28)13-8-18)17-26(30)27(32)24(29)16-19-9-14-22(31)15-10-19;;/h2*2-15,17,24,28,31H,16,29H2,1H3;2*1H/t2*24-;;/m00../s1. The van der Waals surface area contributed by atoms with Gasteiger partial charge in [0.15, 0.2) is 0 Å². The number of para-hydroxylation sites is 2. The number of benzene rings is 6. The van der Waals surface area contributed by atoms with Crippen LogP contribution in [0.4, 0.5) is 11.4 Å². The molecular formula is C54H52Cl2N6O4. The molecule has 0 fully saturated rings. The van der Waals surface area contributed by atoms with Gasteiger partial charge in [0.25, 0.3) is 11.4 Å². The van der Waals surface area contributed by atoms with Gasteiger partial charge in [0.05, 0.1) is 22.9 Å². The number of fused-ring (bicyclic) bond motifs is 2. The van der Waals surface area contributed by atoms with Gasteiger partial charge in [-0.25, -0.2) is 0 Å². The van der Waals surface area contributed by atoms with Gasteiger partial charge in [-0.1, -0.05) is 97.1 Å². The van der Waals surface area contributed by atoms with E-state index in [1.54, 1.807) is 48.5 Å². The van der Waals surface area contributed by atoms with Crippen LogP contribution in [0.2, 0.25) is 0 Å². The lowest BCUT2D eigenvalue weighted by Gasteiger charge is -2.12. The van der Waals surface area contributed by atoms with Crippen LogP contribution in [-0.2, 0) is 26.9 Å². The number of halogens is 2. The summed E-state index contributed by atoms with van der Waals surface area (Å²) >= 11 is 0. The highest BCUT2D eigenvalue weighted by molar-refractivity contribution is 6.01. The van der Waals surface area contributed by atoms with E-state index in [1.807, 2.05) is 157 Å². The summed E-state index contributed by atoms with van der Waals surface area (Å²) < 4.78 is 3.80. The van der Waals surface area contributed by atoms with Crippen LogP contribution in [0.5, 0.6) is 11.5 Å². The molecule has 336 valence electrons. The average Bonchev–Trinajstić information content (AvgIpc) is 3.31. The van der Waals surface area contributed by atoms with Crippen molar-refractivity contribution in [3.63, 3.8) is 0 Å². The number of pyridine rings is 2. The summed E-state index contributed by atoms with van der Waals surface area (Å²) in [5, 5.41) is 21.0. The van der Waals surface area contributed by atoms with Crippen LogP contribution in [0.15, 0.2) is 158 Å². The molecule has 10 N–H and O–H groups in total. The van der Waals surface area contributed by atoms with Crippen LogP contribution in [0, 0.1) is 0 Å². The number of anilines is 2. The summed E-state index contributed by atoms with van der Waals surface area (Å²) in [5.74, 6) is 0.112. The first-order valence-electron chi connectivity index (χ1n) is 20.9. The fourth-order valence-corrected chi connectivity index (χ4v) is 7.60. The van der Waals surface area contributed by atoms with Gasteiger partial charge in [-0.2, -0.15) is 9.13 Å². The minimum Gasteiger partial charge on any atom is -1.00 e. The highest BCUT2D eigenvalue weighted by atomic mass is 35.5. The van der Waals surface area contributed by atoms with E-state index < -0.39 is 12.1 Å². The second kappa shape index (κ2) is 22.5. The number of aryl methyl sites for hydroxylation is 2. The summed E-state index contributed by atoms with van der Waals surface area (Å²) in [6, 6.07) is 47.2. The largest absolute Gasteiger partial charge is 1.00 e. The lowest BCUT2D eigenvalue weighted by atomic mass is 9.98. The summed E-state index contributed by atoms with van der Waals surface area (Å²) in [5.41, 5.74) is 34.3. The van der Waals surface area contributed by atoms with Crippen molar-refractivity contribution >= 4 is 69.1 Å². The smallest absolute Gasteiger partial charge is 0.251 e. The maximum atomic E-state index is 13.3. The minimum absolute atomic E-state index is 0. The molecule has 2 heterocycles. The molecule has 0 saturated heterocycles. The van der Waals surface area contributed by atoms with E-state index in [-0.39, 0.29) is 47.9 Å². The summed E-state index contributed by atoms with van der Waals surface area (Å²) in [4.78, 5) is 26.6. The third kappa shape index (κ3) is 12.1. The second-order valence-electron chi connectivity index (χ2n) is 15.8.